The van der Waals surface area contributed by atoms with Gasteiger partial charge in [-0.1, -0.05) is 81.1 Å². The summed E-state index contributed by atoms with van der Waals surface area (Å²) in [7, 11) is 0. The maximum Gasteiger partial charge on any atom is 0 e. The van der Waals surface area contributed by atoms with Gasteiger partial charge in [0.05, 0.1) is 28.1 Å². The zero-order valence-corrected chi connectivity index (χ0v) is 41.6. The minimum absolute atomic E-state index is 0. The number of hydrogen-bond donors (Lipinski definition) is 0. The van der Waals surface area contributed by atoms with Crippen LogP contribution in [0.15, 0.2) is 162 Å². The number of hydrogen-bond acceptors (Lipinski definition) is 4. The molecule has 0 spiro atoms. The van der Waals surface area contributed by atoms with Crippen LogP contribution in [0.3, 0.4) is 0 Å². The van der Waals surface area contributed by atoms with Crippen molar-refractivity contribution in [2.45, 2.75) is 56.8 Å². The quantitative estimate of drug-likeness (QED) is 0.112. The van der Waals surface area contributed by atoms with E-state index >= 15 is 0 Å². The smallest absolute Gasteiger partial charge is 0 e. The molecule has 5 nitrogen and oxygen atoms in total. The number of nitrogens with zero attached hydrogens (tertiary/aromatic N) is 4. The zero-order chi connectivity index (χ0) is 43.8. The number of pyridine rings is 2. The summed E-state index contributed by atoms with van der Waals surface area (Å²) in [6.45, 7) is 9.03. The summed E-state index contributed by atoms with van der Waals surface area (Å²) < 4.78 is 23.9. The van der Waals surface area contributed by atoms with Crippen molar-refractivity contribution in [3.8, 4) is 50.7 Å². The molecule has 0 amide bonds. The van der Waals surface area contributed by atoms with E-state index in [-0.39, 0.29) is 37.8 Å². The first-order valence-electron chi connectivity index (χ1n) is 21.6. The van der Waals surface area contributed by atoms with Crippen molar-refractivity contribution >= 4 is 50.8 Å². The molecule has 0 fully saturated rings. The van der Waals surface area contributed by atoms with Gasteiger partial charge in [0.25, 0.3) is 0 Å². The number of fused-ring (bicyclic) bond motifs is 4. The first-order chi connectivity index (χ1) is 30.4. The summed E-state index contributed by atoms with van der Waals surface area (Å²) >= 11 is -1.72. The Kier molecular flexibility index (Phi) is 13.0. The van der Waals surface area contributed by atoms with Gasteiger partial charge in [0.15, 0.2) is 0 Å². The van der Waals surface area contributed by atoms with Gasteiger partial charge in [0, 0.05) is 36.7 Å². The normalized spacial score (nSPS) is 11.6. The first-order valence-corrected chi connectivity index (χ1v) is 28.9. The fraction of sp³-hybridized carbons (Fsp3) is 0.161. The van der Waals surface area contributed by atoms with Crippen LogP contribution in [-0.2, 0) is 20.1 Å². The van der Waals surface area contributed by atoms with Crippen molar-refractivity contribution in [3.63, 3.8) is 0 Å². The van der Waals surface area contributed by atoms with E-state index < -0.39 is 13.3 Å². The molecule has 0 aliphatic heterocycles. The molecule has 10 aromatic rings. The molecule has 0 unspecified atom stereocenters. The van der Waals surface area contributed by atoms with Crippen LogP contribution in [0.4, 0.5) is 4.39 Å². The first kappa shape index (κ1) is 44.6. The standard InChI is InChI=1S/C42H33FN3O.C14H16GeN.Ir/c1-25(2)34-23-29(27-11-6-5-7-12-27)24-35(26(3)4)39(34)46-38-16-9-8-15-37(38)44-41(46)33-14-10-13-31-32-21-22-36(45-42(32)47-40(31)33)28-17-19-30(43)20-18-28;1-15(2,3)13-9-10-14(16-11-13)12-7-5-4-6-8-12;/h5-13,15-26H,1-4H3;4-7,9-11H,1-3H3;/q2*-1;. The molecule has 10 rings (SSSR count). The summed E-state index contributed by atoms with van der Waals surface area (Å²) in [6, 6.07) is 56.8. The van der Waals surface area contributed by atoms with Gasteiger partial charge in [-0.2, -0.15) is 0 Å². The Morgan fingerprint density at radius 3 is 1.97 bits per heavy atom. The van der Waals surface area contributed by atoms with Crippen molar-refractivity contribution in [2.75, 3.05) is 0 Å². The van der Waals surface area contributed by atoms with Crippen LogP contribution in [-0.4, -0.2) is 32.8 Å². The van der Waals surface area contributed by atoms with Gasteiger partial charge in [-0.3, -0.25) is 4.98 Å². The van der Waals surface area contributed by atoms with Crippen LogP contribution in [0.1, 0.15) is 50.7 Å². The molecule has 0 aliphatic carbocycles. The van der Waals surface area contributed by atoms with Gasteiger partial charge < -0.3 is 8.98 Å². The molecule has 0 N–H and O–H groups in total. The summed E-state index contributed by atoms with van der Waals surface area (Å²) in [5.74, 6) is 8.13. The summed E-state index contributed by atoms with van der Waals surface area (Å²) in [4.78, 5) is 14.6. The van der Waals surface area contributed by atoms with Gasteiger partial charge in [-0.25, -0.2) is 9.37 Å². The molecule has 0 saturated heterocycles. The minimum Gasteiger partial charge on any atom is 0 e. The molecule has 64 heavy (non-hydrogen) atoms. The van der Waals surface area contributed by atoms with Crippen LogP contribution < -0.4 is 4.40 Å². The monoisotopic (exact) mass is 1080 g/mol. The molecule has 0 atom stereocenters. The topological polar surface area (TPSA) is 56.7 Å². The van der Waals surface area contributed by atoms with Gasteiger partial charge in [-0.05, 0) is 94.8 Å². The fourth-order valence-corrected chi connectivity index (χ4v) is 10.3. The van der Waals surface area contributed by atoms with Crippen molar-refractivity contribution in [1.29, 1.82) is 0 Å². The number of benzene rings is 6. The summed E-state index contributed by atoms with van der Waals surface area (Å²) in [5.41, 5.74) is 13.6. The van der Waals surface area contributed by atoms with E-state index in [0.29, 0.717) is 11.3 Å². The van der Waals surface area contributed by atoms with E-state index in [1.807, 2.05) is 60.8 Å². The third-order valence-electron chi connectivity index (χ3n) is 11.6. The van der Waals surface area contributed by atoms with Gasteiger partial charge in [0.1, 0.15) is 5.82 Å². The molecule has 321 valence electrons. The van der Waals surface area contributed by atoms with Crippen LogP contribution in [0.25, 0.3) is 83.8 Å². The molecule has 1 radical (unpaired) electrons. The van der Waals surface area contributed by atoms with Crippen LogP contribution in [0.5, 0.6) is 0 Å². The average molecular weight is 1080 g/mol. The average Bonchev–Trinajstić information content (AvgIpc) is 3.88. The molecule has 0 aliphatic rings. The molecule has 4 heterocycles. The summed E-state index contributed by atoms with van der Waals surface area (Å²) in [5, 5.41) is 1.85. The molecule has 0 saturated carbocycles. The van der Waals surface area contributed by atoms with Crippen molar-refractivity contribution in [2.24, 2.45) is 0 Å². The van der Waals surface area contributed by atoms with Crippen LogP contribution in [0.2, 0.25) is 17.3 Å². The Balaban J connectivity index is 0.000000279. The Bertz CT molecular complexity index is 3180. The maximum atomic E-state index is 13.6. The molecular weight excluding hydrogens is 1030 g/mol. The predicted molar refractivity (Wildman–Crippen MR) is 261 cm³/mol. The third-order valence-corrected chi connectivity index (χ3v) is 15.8. The number of halogens is 1. The molecule has 8 heteroatoms. The van der Waals surface area contributed by atoms with E-state index in [9.17, 15) is 4.39 Å². The van der Waals surface area contributed by atoms with E-state index in [1.165, 1.54) is 38.8 Å². The van der Waals surface area contributed by atoms with Crippen molar-refractivity contribution < 1.29 is 28.9 Å². The second-order valence-corrected chi connectivity index (χ2v) is 28.3. The molecular formula is C56H49FGeIrN4O-2. The number of aromatic nitrogens is 4. The SMILES string of the molecule is CC(C)c1cc(-c2ccccc2)cc(C(C)C)c1-n1c(-c2[c-]ccc3c2oc2nc(-c4ccc(F)cc4)ccc23)nc2ccccc21.[CH3][Ge]([CH3])([CH3])[c]1ccc(-c2[c-]cccc2)nc1.[Ir]. The molecule has 4 aromatic heterocycles. The molecule has 6 aromatic carbocycles. The second-order valence-electron chi connectivity index (χ2n) is 17.7. The van der Waals surface area contributed by atoms with Crippen LogP contribution >= 0.6 is 0 Å². The Hall–Kier alpha value is -5.99. The Morgan fingerprint density at radius 1 is 0.625 bits per heavy atom. The maximum absolute atomic E-state index is 13.6. The van der Waals surface area contributed by atoms with E-state index in [2.05, 4.69) is 139 Å². The number of furan rings is 1. The fourth-order valence-electron chi connectivity index (χ4n) is 8.16. The second kappa shape index (κ2) is 18.6. The van der Waals surface area contributed by atoms with E-state index in [4.69, 9.17) is 14.4 Å². The minimum atomic E-state index is -1.72. The molecule has 0 bridgehead atoms. The number of imidazole rings is 1. The van der Waals surface area contributed by atoms with Crippen LogP contribution in [0, 0.1) is 17.9 Å². The van der Waals surface area contributed by atoms with Crippen molar-refractivity contribution in [1.82, 2.24) is 19.5 Å². The zero-order valence-electron chi connectivity index (χ0n) is 37.1. The Labute approximate surface area is 391 Å². The van der Waals surface area contributed by atoms with Gasteiger partial charge in [0.2, 0.25) is 5.71 Å². The number of rotatable bonds is 8. The van der Waals surface area contributed by atoms with E-state index in [0.717, 1.165) is 61.4 Å². The number of para-hydroxylation sites is 2. The van der Waals surface area contributed by atoms with E-state index in [1.54, 1.807) is 12.1 Å². The predicted octanol–water partition coefficient (Wildman–Crippen LogP) is 14.6. The van der Waals surface area contributed by atoms with Gasteiger partial charge >= 0.3 is 99.8 Å². The Morgan fingerprint density at radius 2 is 1.31 bits per heavy atom. The largest absolute Gasteiger partial charge is 0 e. The third kappa shape index (κ3) is 8.90. The van der Waals surface area contributed by atoms with Gasteiger partial charge in [-0.15, -0.1) is 18.2 Å². The summed E-state index contributed by atoms with van der Waals surface area (Å²) in [6.07, 6.45) is 2.04. The van der Waals surface area contributed by atoms with Crippen molar-refractivity contribution in [3.05, 3.63) is 187 Å².